The molecule has 2 saturated carbocycles. The number of pyridine rings is 2. The van der Waals surface area contributed by atoms with Crippen molar-refractivity contribution in [1.82, 2.24) is 14.7 Å². The third kappa shape index (κ3) is 7.97. The summed E-state index contributed by atoms with van der Waals surface area (Å²) in [7, 11) is -1.27. The number of aromatic nitrogens is 2. The monoisotopic (exact) mass is 536 g/mol. The van der Waals surface area contributed by atoms with Crippen LogP contribution in [0.5, 0.6) is 0 Å². The van der Waals surface area contributed by atoms with Gasteiger partial charge >= 0.3 is 12.4 Å². The summed E-state index contributed by atoms with van der Waals surface area (Å²) in [6.07, 6.45) is -2.26. The number of hydrogen-bond donors (Lipinski definition) is 2. The van der Waals surface area contributed by atoms with E-state index in [1.807, 2.05) is 20.8 Å². The third-order valence-electron chi connectivity index (χ3n) is 5.91. The van der Waals surface area contributed by atoms with Gasteiger partial charge in [0.15, 0.2) is 0 Å². The number of rotatable bonds is 6. The van der Waals surface area contributed by atoms with Crippen LogP contribution in [0.1, 0.15) is 81.1 Å². The van der Waals surface area contributed by atoms with Gasteiger partial charge in [-0.25, -0.2) is 8.93 Å². The normalized spacial score (nSPS) is 19.2. The predicted molar refractivity (Wildman–Crippen MR) is 125 cm³/mol. The maximum atomic E-state index is 12.5. The maximum Gasteiger partial charge on any atom is 0.433 e. The van der Waals surface area contributed by atoms with Crippen molar-refractivity contribution in [2.75, 3.05) is 0 Å². The molecule has 2 aliphatic rings. The highest BCUT2D eigenvalue weighted by molar-refractivity contribution is 7.84. The highest BCUT2D eigenvalue weighted by Gasteiger charge is 2.37. The van der Waals surface area contributed by atoms with Crippen LogP contribution in [-0.2, 0) is 23.3 Å². The lowest BCUT2D eigenvalue weighted by Gasteiger charge is -2.24. The Labute approximate surface area is 208 Å². The molecule has 0 radical (unpaired) electrons. The topological polar surface area (TPSA) is 80.9 Å². The second kappa shape index (κ2) is 10.7. The van der Waals surface area contributed by atoms with Crippen molar-refractivity contribution in [2.45, 2.75) is 75.6 Å². The van der Waals surface area contributed by atoms with Crippen molar-refractivity contribution in [3.63, 3.8) is 0 Å². The SMILES string of the molecule is CC(C)(C)[S@](=O)N[C@@H](c1ccc(C(F)(F)F)nc1)C1CC1.N[C@H](c1ccc(C(F)(F)F)nc1)C1CC1. The summed E-state index contributed by atoms with van der Waals surface area (Å²) < 4.78 is 89.0. The predicted octanol–water partition coefficient (Wildman–Crippen LogP) is 6.11. The summed E-state index contributed by atoms with van der Waals surface area (Å²) in [6, 6.07) is 4.42. The van der Waals surface area contributed by atoms with Gasteiger partial charge in [0, 0.05) is 24.5 Å². The molecule has 200 valence electrons. The zero-order chi connectivity index (χ0) is 26.9. The van der Waals surface area contributed by atoms with E-state index in [1.54, 1.807) is 0 Å². The van der Waals surface area contributed by atoms with Crippen molar-refractivity contribution in [2.24, 2.45) is 17.6 Å². The zero-order valence-electron chi connectivity index (χ0n) is 20.2. The van der Waals surface area contributed by atoms with Crippen molar-refractivity contribution in [3.8, 4) is 0 Å². The van der Waals surface area contributed by atoms with Crippen LogP contribution in [-0.4, -0.2) is 18.9 Å². The highest BCUT2D eigenvalue weighted by atomic mass is 32.2. The average molecular weight is 537 g/mol. The molecule has 2 aliphatic carbocycles. The number of nitrogens with zero attached hydrogens (tertiary/aromatic N) is 2. The summed E-state index contributed by atoms with van der Waals surface area (Å²) in [6.45, 7) is 5.56. The molecule has 4 rings (SSSR count). The van der Waals surface area contributed by atoms with Gasteiger partial charge in [-0.05, 0) is 81.5 Å². The quantitative estimate of drug-likeness (QED) is 0.437. The van der Waals surface area contributed by atoms with E-state index in [-0.39, 0.29) is 12.1 Å². The minimum absolute atomic E-state index is 0.167. The fraction of sp³-hybridized carbons (Fsp3) is 0.583. The summed E-state index contributed by atoms with van der Waals surface area (Å²) in [5, 5.41) is 0. The van der Waals surface area contributed by atoms with Gasteiger partial charge in [-0.2, -0.15) is 26.3 Å². The standard InChI is InChI=1S/C14H19F3N2OS.C10H11F3N2/c1-13(2,3)21(20)19-12(9-4-5-9)10-6-7-11(18-8-10)14(15,16)17;11-10(12,13)8-4-3-7(5-15-8)9(14)6-1-2-6/h6-9,12,19H,4-5H2,1-3H3;3-6,9H,1-2,14H2/t12-,21+;9-/m10/s1. The molecule has 0 bridgehead atoms. The Morgan fingerprint density at radius 1 is 0.833 bits per heavy atom. The highest BCUT2D eigenvalue weighted by Crippen LogP contribution is 2.42. The van der Waals surface area contributed by atoms with Crippen LogP contribution in [0.25, 0.3) is 0 Å². The first-order valence-corrected chi connectivity index (χ1v) is 12.7. The van der Waals surface area contributed by atoms with Crippen LogP contribution < -0.4 is 10.5 Å². The Bertz CT molecular complexity index is 1030. The Kier molecular flexibility index (Phi) is 8.51. The summed E-state index contributed by atoms with van der Waals surface area (Å²) >= 11 is 0. The van der Waals surface area contributed by atoms with E-state index in [4.69, 9.17) is 5.73 Å². The van der Waals surface area contributed by atoms with E-state index >= 15 is 0 Å². The molecule has 2 fully saturated rings. The van der Waals surface area contributed by atoms with Gasteiger partial charge in [0.1, 0.15) is 11.4 Å². The molecule has 0 saturated heterocycles. The Balaban J connectivity index is 0.000000212. The summed E-state index contributed by atoms with van der Waals surface area (Å²) in [4.78, 5) is 6.86. The Morgan fingerprint density at radius 2 is 1.28 bits per heavy atom. The molecule has 0 unspecified atom stereocenters. The van der Waals surface area contributed by atoms with Crippen LogP contribution in [0.4, 0.5) is 26.3 Å². The summed E-state index contributed by atoms with van der Waals surface area (Å²) in [5.41, 5.74) is 5.41. The molecule has 0 spiro atoms. The second-order valence-electron chi connectivity index (χ2n) is 10.1. The first kappa shape index (κ1) is 28.5. The van der Waals surface area contributed by atoms with Gasteiger partial charge in [-0.15, -0.1) is 0 Å². The number of halogens is 6. The van der Waals surface area contributed by atoms with E-state index in [0.29, 0.717) is 23.0 Å². The van der Waals surface area contributed by atoms with Gasteiger partial charge in [-0.3, -0.25) is 9.97 Å². The number of nitrogens with one attached hydrogen (secondary N) is 1. The molecule has 0 amide bonds. The van der Waals surface area contributed by atoms with Crippen LogP contribution in [0.15, 0.2) is 36.7 Å². The number of nitrogens with two attached hydrogens (primary N) is 1. The zero-order valence-corrected chi connectivity index (χ0v) is 21.0. The van der Waals surface area contributed by atoms with E-state index in [9.17, 15) is 30.6 Å². The molecule has 3 atom stereocenters. The van der Waals surface area contributed by atoms with Crippen LogP contribution >= 0.6 is 0 Å². The Hall–Kier alpha value is -2.05. The van der Waals surface area contributed by atoms with Gasteiger partial charge in [0.05, 0.1) is 15.7 Å². The fourth-order valence-electron chi connectivity index (χ4n) is 3.41. The Morgan fingerprint density at radius 3 is 1.61 bits per heavy atom. The molecule has 3 N–H and O–H groups in total. The van der Waals surface area contributed by atoms with Gasteiger partial charge in [0.25, 0.3) is 0 Å². The molecule has 2 aromatic heterocycles. The largest absolute Gasteiger partial charge is 0.433 e. The smallest absolute Gasteiger partial charge is 0.324 e. The van der Waals surface area contributed by atoms with E-state index in [0.717, 1.165) is 37.8 Å². The lowest BCUT2D eigenvalue weighted by Crippen LogP contribution is -2.36. The summed E-state index contributed by atoms with van der Waals surface area (Å²) in [5.74, 6) is 0.735. The minimum Gasteiger partial charge on any atom is -0.324 e. The number of alkyl halides is 6. The van der Waals surface area contributed by atoms with Crippen molar-refractivity contribution in [1.29, 1.82) is 0 Å². The molecule has 2 heterocycles. The minimum atomic E-state index is -4.44. The van der Waals surface area contributed by atoms with E-state index in [2.05, 4.69) is 14.7 Å². The lowest BCUT2D eigenvalue weighted by molar-refractivity contribution is -0.142. The van der Waals surface area contributed by atoms with Crippen molar-refractivity contribution >= 4 is 11.0 Å². The van der Waals surface area contributed by atoms with Gasteiger partial charge in [-0.1, -0.05) is 12.1 Å². The molecule has 36 heavy (non-hydrogen) atoms. The fourth-order valence-corrected chi connectivity index (χ4v) is 4.33. The molecule has 0 aromatic carbocycles. The maximum absolute atomic E-state index is 12.5. The molecule has 12 heteroatoms. The number of hydrogen-bond acceptors (Lipinski definition) is 4. The van der Waals surface area contributed by atoms with Crippen molar-refractivity contribution in [3.05, 3.63) is 59.2 Å². The van der Waals surface area contributed by atoms with E-state index in [1.165, 1.54) is 24.5 Å². The molecular formula is C24H30F6N4OS. The molecule has 2 aromatic rings. The first-order valence-electron chi connectivity index (χ1n) is 11.6. The second-order valence-corrected chi connectivity index (χ2v) is 12.1. The molecular weight excluding hydrogens is 506 g/mol. The average Bonchev–Trinajstić information content (AvgIpc) is 3.69. The van der Waals surface area contributed by atoms with E-state index < -0.39 is 39.5 Å². The van der Waals surface area contributed by atoms with Crippen LogP contribution in [0, 0.1) is 11.8 Å². The molecule has 5 nitrogen and oxygen atoms in total. The van der Waals surface area contributed by atoms with Crippen LogP contribution in [0.2, 0.25) is 0 Å². The van der Waals surface area contributed by atoms with Gasteiger partial charge < -0.3 is 5.73 Å². The molecule has 0 aliphatic heterocycles. The third-order valence-corrected chi connectivity index (χ3v) is 7.49. The van der Waals surface area contributed by atoms with Gasteiger partial charge in [0.2, 0.25) is 0 Å². The van der Waals surface area contributed by atoms with Crippen LogP contribution in [0.3, 0.4) is 0 Å². The van der Waals surface area contributed by atoms with Crippen molar-refractivity contribution < 1.29 is 30.6 Å². The first-order chi connectivity index (χ1) is 16.6. The lowest BCUT2D eigenvalue weighted by atomic mass is 10.1.